The number of ether oxygens (including phenoxy) is 2. The Bertz CT molecular complexity index is 1130. The van der Waals surface area contributed by atoms with E-state index >= 15 is 0 Å². The fraction of sp³-hybridized carbons (Fsp3) is 0.182. The molecule has 1 atom stereocenters. The highest BCUT2D eigenvalue weighted by atomic mass is 32.1. The Morgan fingerprint density at radius 2 is 1.87 bits per heavy atom. The van der Waals surface area contributed by atoms with Crippen molar-refractivity contribution in [1.29, 1.82) is 0 Å². The molecule has 0 spiro atoms. The molecule has 2 aromatic carbocycles. The summed E-state index contributed by atoms with van der Waals surface area (Å²) in [7, 11) is 0. The van der Waals surface area contributed by atoms with Crippen molar-refractivity contribution in [2.24, 2.45) is 0 Å². The summed E-state index contributed by atoms with van der Waals surface area (Å²) in [5.74, 6) is 0.182. The number of amides is 2. The van der Waals surface area contributed by atoms with E-state index in [0.717, 1.165) is 17.2 Å². The number of thiophene rings is 1. The van der Waals surface area contributed by atoms with Crippen LogP contribution in [-0.2, 0) is 0 Å². The number of benzene rings is 2. The van der Waals surface area contributed by atoms with Crippen LogP contribution in [0, 0.1) is 12.7 Å². The lowest BCUT2D eigenvalue weighted by Crippen LogP contribution is -2.26. The van der Waals surface area contributed by atoms with Crippen molar-refractivity contribution < 1.29 is 23.5 Å². The number of carbonyl (C=O) groups is 2. The lowest BCUT2D eigenvalue weighted by atomic mass is 10.1. The number of carbonyl (C=O) groups excluding carboxylic acids is 2. The molecule has 0 bridgehead atoms. The third kappa shape index (κ3) is 4.13. The van der Waals surface area contributed by atoms with Crippen LogP contribution in [0.1, 0.15) is 44.1 Å². The maximum atomic E-state index is 13.3. The molecule has 0 radical (unpaired) electrons. The summed E-state index contributed by atoms with van der Waals surface area (Å²) in [5.41, 5.74) is 1.84. The molecule has 0 fully saturated rings. The minimum absolute atomic E-state index is 0.192. The summed E-state index contributed by atoms with van der Waals surface area (Å²) in [5, 5.41) is 6.20. The molecule has 3 aromatic rings. The third-order valence-electron chi connectivity index (χ3n) is 4.69. The van der Waals surface area contributed by atoms with Crippen LogP contribution in [0.3, 0.4) is 0 Å². The van der Waals surface area contributed by atoms with E-state index in [1.165, 1.54) is 29.5 Å². The Labute approximate surface area is 176 Å². The normalized spacial score (nSPS) is 13.0. The monoisotopic (exact) mass is 426 g/mol. The zero-order valence-corrected chi connectivity index (χ0v) is 17.1. The molecule has 6 nitrogen and oxygen atoms in total. The summed E-state index contributed by atoms with van der Waals surface area (Å²) in [6.45, 7) is 3.87. The summed E-state index contributed by atoms with van der Waals surface area (Å²) < 4.78 is 24.0. The van der Waals surface area contributed by atoms with Gasteiger partial charge >= 0.3 is 0 Å². The fourth-order valence-corrected chi connectivity index (χ4v) is 4.08. The highest BCUT2D eigenvalue weighted by Gasteiger charge is 2.20. The smallest absolute Gasteiger partial charge is 0.262 e. The molecular weight excluding hydrogens is 407 g/mol. The van der Waals surface area contributed by atoms with Crippen molar-refractivity contribution in [1.82, 2.24) is 5.32 Å². The van der Waals surface area contributed by atoms with Crippen molar-refractivity contribution in [3.8, 4) is 11.5 Å². The predicted molar refractivity (Wildman–Crippen MR) is 112 cm³/mol. The molecule has 30 heavy (non-hydrogen) atoms. The second-order valence-corrected chi connectivity index (χ2v) is 7.95. The summed E-state index contributed by atoms with van der Waals surface area (Å²) in [4.78, 5) is 25.6. The van der Waals surface area contributed by atoms with Crippen LogP contribution in [0.25, 0.3) is 0 Å². The van der Waals surface area contributed by atoms with E-state index in [1.807, 2.05) is 25.1 Å². The maximum Gasteiger partial charge on any atom is 0.262 e. The summed E-state index contributed by atoms with van der Waals surface area (Å²) >= 11 is 1.17. The molecule has 1 aliphatic rings. The number of hydrogen-bond donors (Lipinski definition) is 2. The average molecular weight is 426 g/mol. The molecule has 0 saturated heterocycles. The zero-order valence-electron chi connectivity index (χ0n) is 16.3. The predicted octanol–water partition coefficient (Wildman–Crippen LogP) is 4.67. The largest absolute Gasteiger partial charge is 0.454 e. The number of rotatable bonds is 5. The van der Waals surface area contributed by atoms with Gasteiger partial charge in [0.15, 0.2) is 11.5 Å². The van der Waals surface area contributed by atoms with Crippen LogP contribution in [0.2, 0.25) is 0 Å². The Kier molecular flexibility index (Phi) is 5.41. The first kappa shape index (κ1) is 19.9. The first-order valence-electron chi connectivity index (χ1n) is 9.28. The van der Waals surface area contributed by atoms with Crippen LogP contribution in [0.4, 0.5) is 9.39 Å². The van der Waals surface area contributed by atoms with Crippen LogP contribution in [-0.4, -0.2) is 18.6 Å². The van der Waals surface area contributed by atoms with Crippen molar-refractivity contribution in [2.45, 2.75) is 19.9 Å². The zero-order chi connectivity index (χ0) is 21.3. The first-order chi connectivity index (χ1) is 14.4. The Balaban J connectivity index is 1.44. The van der Waals surface area contributed by atoms with Gasteiger partial charge < -0.3 is 20.1 Å². The Hall–Kier alpha value is -3.39. The fourth-order valence-electron chi connectivity index (χ4n) is 3.11. The highest BCUT2D eigenvalue weighted by Crippen LogP contribution is 2.34. The van der Waals surface area contributed by atoms with Gasteiger partial charge in [0.05, 0.1) is 15.9 Å². The summed E-state index contributed by atoms with van der Waals surface area (Å²) in [6.07, 6.45) is 0. The molecular formula is C22H19FN2O4S. The molecule has 4 rings (SSSR count). The van der Waals surface area contributed by atoms with E-state index < -0.39 is 11.7 Å². The standard InChI is InChI=1S/C22H19FN2O4S/c1-12-8-19(25-21(26)15-4-3-5-16(23)9-15)30-20(12)22(27)24-13(2)14-6-7-17-18(10-14)29-11-28-17/h3-10,13H,11H2,1-2H3,(H,24,27)(H,25,26). The lowest BCUT2D eigenvalue weighted by Gasteiger charge is -2.14. The van der Waals surface area contributed by atoms with Gasteiger partial charge in [0.1, 0.15) is 5.82 Å². The van der Waals surface area contributed by atoms with Crippen LogP contribution >= 0.6 is 11.3 Å². The van der Waals surface area contributed by atoms with Gasteiger partial charge in [-0.25, -0.2) is 4.39 Å². The Morgan fingerprint density at radius 1 is 1.07 bits per heavy atom. The van der Waals surface area contributed by atoms with Gasteiger partial charge in [0, 0.05) is 5.56 Å². The number of fused-ring (bicyclic) bond motifs is 1. The van der Waals surface area contributed by atoms with Crippen molar-refractivity contribution >= 4 is 28.2 Å². The van der Waals surface area contributed by atoms with Gasteiger partial charge in [-0.3, -0.25) is 9.59 Å². The molecule has 154 valence electrons. The quantitative estimate of drug-likeness (QED) is 0.622. The molecule has 0 saturated carbocycles. The number of halogens is 1. The lowest BCUT2D eigenvalue weighted by molar-refractivity contribution is 0.0942. The van der Waals surface area contributed by atoms with Gasteiger partial charge in [0.2, 0.25) is 6.79 Å². The number of nitrogens with one attached hydrogen (secondary N) is 2. The first-order valence-corrected chi connectivity index (χ1v) is 10.1. The van der Waals surface area contributed by atoms with Gasteiger partial charge in [0.25, 0.3) is 11.8 Å². The minimum Gasteiger partial charge on any atom is -0.454 e. The molecule has 1 unspecified atom stereocenters. The number of aryl methyl sites for hydroxylation is 1. The topological polar surface area (TPSA) is 76.7 Å². The van der Waals surface area contributed by atoms with Crippen LogP contribution < -0.4 is 20.1 Å². The minimum atomic E-state index is -0.484. The maximum absolute atomic E-state index is 13.3. The number of anilines is 1. The van der Waals surface area contributed by atoms with E-state index in [0.29, 0.717) is 21.4 Å². The third-order valence-corrected chi connectivity index (χ3v) is 5.84. The molecule has 8 heteroatoms. The van der Waals surface area contributed by atoms with E-state index in [1.54, 1.807) is 13.0 Å². The van der Waals surface area contributed by atoms with Gasteiger partial charge in [-0.2, -0.15) is 0 Å². The van der Waals surface area contributed by atoms with Crippen molar-refractivity contribution in [3.63, 3.8) is 0 Å². The molecule has 2 N–H and O–H groups in total. The van der Waals surface area contributed by atoms with Crippen LogP contribution in [0.15, 0.2) is 48.5 Å². The van der Waals surface area contributed by atoms with Gasteiger partial charge in [-0.15, -0.1) is 11.3 Å². The van der Waals surface area contributed by atoms with Crippen molar-refractivity contribution in [2.75, 3.05) is 12.1 Å². The molecule has 2 heterocycles. The van der Waals surface area contributed by atoms with E-state index in [4.69, 9.17) is 9.47 Å². The highest BCUT2D eigenvalue weighted by molar-refractivity contribution is 7.18. The molecule has 1 aliphatic heterocycles. The molecule has 1 aromatic heterocycles. The van der Waals surface area contributed by atoms with E-state index in [-0.39, 0.29) is 24.3 Å². The van der Waals surface area contributed by atoms with E-state index in [2.05, 4.69) is 10.6 Å². The SMILES string of the molecule is Cc1cc(NC(=O)c2cccc(F)c2)sc1C(=O)NC(C)c1ccc2c(c1)OCO2. The second kappa shape index (κ2) is 8.16. The van der Waals surface area contributed by atoms with E-state index in [9.17, 15) is 14.0 Å². The van der Waals surface area contributed by atoms with Gasteiger partial charge in [-0.1, -0.05) is 12.1 Å². The summed E-state index contributed by atoms with van der Waals surface area (Å²) in [6, 6.07) is 12.5. The van der Waals surface area contributed by atoms with Crippen molar-refractivity contribution in [3.05, 3.63) is 75.9 Å². The van der Waals surface area contributed by atoms with Crippen LogP contribution in [0.5, 0.6) is 11.5 Å². The second-order valence-electron chi connectivity index (χ2n) is 6.90. The van der Waals surface area contributed by atoms with Gasteiger partial charge in [-0.05, 0) is 61.4 Å². The number of hydrogen-bond acceptors (Lipinski definition) is 5. The average Bonchev–Trinajstić information content (AvgIpc) is 3.33. The Morgan fingerprint density at radius 3 is 2.67 bits per heavy atom. The molecule has 2 amide bonds. The molecule has 0 aliphatic carbocycles.